The van der Waals surface area contributed by atoms with Crippen LogP contribution in [0.2, 0.25) is 0 Å². The topological polar surface area (TPSA) is 77.0 Å². The zero-order valence-corrected chi connectivity index (χ0v) is 21.6. The molecule has 6 nitrogen and oxygen atoms in total. The summed E-state index contributed by atoms with van der Waals surface area (Å²) in [4.78, 5) is 19.5. The summed E-state index contributed by atoms with van der Waals surface area (Å²) in [6.45, 7) is 14.1. The number of halogens is 1. The average Bonchev–Trinajstić information content (AvgIpc) is 2.72. The maximum absolute atomic E-state index is 12.6. The number of amides is 1. The lowest BCUT2D eigenvalue weighted by Crippen LogP contribution is -2.50. The van der Waals surface area contributed by atoms with Crippen LogP contribution >= 0.6 is 24.0 Å². The second kappa shape index (κ2) is 15.3. The SMILES string of the molecule is CCNC(=NCC(CC)(CC)CCO)NC1CCN(C(=O)C(CC)CC)CC1.I. The van der Waals surface area contributed by atoms with E-state index in [1.165, 1.54) is 0 Å². The van der Waals surface area contributed by atoms with Crippen molar-refractivity contribution in [2.24, 2.45) is 16.3 Å². The number of aliphatic hydroxyl groups is 1. The third-order valence-electron chi connectivity index (χ3n) is 6.54. The zero-order chi connectivity index (χ0) is 21.0. The van der Waals surface area contributed by atoms with Gasteiger partial charge in [-0.25, -0.2) is 0 Å². The van der Waals surface area contributed by atoms with Crippen LogP contribution in [0, 0.1) is 11.3 Å². The number of piperidine rings is 1. The Labute approximate surface area is 195 Å². The van der Waals surface area contributed by atoms with Crippen molar-refractivity contribution in [3.63, 3.8) is 0 Å². The molecule has 0 bridgehead atoms. The quantitative estimate of drug-likeness (QED) is 0.219. The van der Waals surface area contributed by atoms with Crippen LogP contribution in [0.5, 0.6) is 0 Å². The average molecular weight is 525 g/mol. The number of hydrogen-bond acceptors (Lipinski definition) is 3. The molecule has 0 aromatic carbocycles. The molecule has 1 saturated heterocycles. The van der Waals surface area contributed by atoms with E-state index in [1.54, 1.807) is 0 Å². The maximum Gasteiger partial charge on any atom is 0.225 e. The minimum atomic E-state index is 0. The van der Waals surface area contributed by atoms with Crippen molar-refractivity contribution in [2.75, 3.05) is 32.8 Å². The van der Waals surface area contributed by atoms with Crippen LogP contribution in [0.15, 0.2) is 4.99 Å². The van der Waals surface area contributed by atoms with Crippen LogP contribution in [0.1, 0.15) is 79.6 Å². The Bertz CT molecular complexity index is 471. The molecule has 7 heteroatoms. The van der Waals surface area contributed by atoms with E-state index < -0.39 is 0 Å². The van der Waals surface area contributed by atoms with E-state index in [0.29, 0.717) is 11.9 Å². The fourth-order valence-corrected chi connectivity index (χ4v) is 4.04. The van der Waals surface area contributed by atoms with Gasteiger partial charge in [0, 0.05) is 44.7 Å². The van der Waals surface area contributed by atoms with Crippen molar-refractivity contribution < 1.29 is 9.90 Å². The van der Waals surface area contributed by atoms with Crippen molar-refractivity contribution in [3.8, 4) is 0 Å². The number of likely N-dealkylation sites (tertiary alicyclic amines) is 1. The van der Waals surface area contributed by atoms with Crippen LogP contribution in [-0.4, -0.2) is 60.7 Å². The molecule has 0 spiro atoms. The van der Waals surface area contributed by atoms with Gasteiger partial charge in [-0.15, -0.1) is 24.0 Å². The number of nitrogens with one attached hydrogen (secondary N) is 2. The Balaban J connectivity index is 0.00000784. The number of carbonyl (C=O) groups excluding carboxylic acids is 1. The first-order valence-electron chi connectivity index (χ1n) is 11.4. The molecule has 1 aliphatic rings. The monoisotopic (exact) mass is 524 g/mol. The second-order valence-electron chi connectivity index (χ2n) is 8.13. The predicted octanol–water partition coefficient (Wildman–Crippen LogP) is 3.78. The molecule has 0 radical (unpaired) electrons. The molecule has 1 amide bonds. The van der Waals surface area contributed by atoms with Crippen molar-refractivity contribution in [2.45, 2.75) is 85.6 Å². The summed E-state index contributed by atoms with van der Waals surface area (Å²) in [5, 5.41) is 16.4. The molecule has 0 aliphatic carbocycles. The first kappa shape index (κ1) is 28.4. The Morgan fingerprint density at radius 1 is 1.14 bits per heavy atom. The number of aliphatic hydroxyl groups excluding tert-OH is 1. The lowest BCUT2D eigenvalue weighted by molar-refractivity contribution is -0.136. The van der Waals surface area contributed by atoms with E-state index in [4.69, 9.17) is 4.99 Å². The highest BCUT2D eigenvalue weighted by Crippen LogP contribution is 2.30. The van der Waals surface area contributed by atoms with Gasteiger partial charge in [-0.1, -0.05) is 27.7 Å². The van der Waals surface area contributed by atoms with Gasteiger partial charge in [-0.3, -0.25) is 9.79 Å². The van der Waals surface area contributed by atoms with Crippen molar-refractivity contribution in [1.29, 1.82) is 0 Å². The van der Waals surface area contributed by atoms with Gasteiger partial charge in [0.1, 0.15) is 0 Å². The summed E-state index contributed by atoms with van der Waals surface area (Å²) >= 11 is 0. The molecule has 1 rings (SSSR count). The summed E-state index contributed by atoms with van der Waals surface area (Å²) in [6, 6.07) is 0.346. The number of carbonyl (C=O) groups is 1. The molecule has 0 aromatic rings. The first-order valence-corrected chi connectivity index (χ1v) is 11.4. The summed E-state index contributed by atoms with van der Waals surface area (Å²) in [5.41, 5.74) is 0.0716. The largest absolute Gasteiger partial charge is 0.396 e. The highest BCUT2D eigenvalue weighted by molar-refractivity contribution is 14.0. The second-order valence-corrected chi connectivity index (χ2v) is 8.13. The lowest BCUT2D eigenvalue weighted by atomic mass is 9.79. The number of rotatable bonds is 11. The minimum Gasteiger partial charge on any atom is -0.396 e. The fraction of sp³-hybridized carbons (Fsp3) is 0.909. The smallest absolute Gasteiger partial charge is 0.225 e. The first-order chi connectivity index (χ1) is 13.5. The van der Waals surface area contributed by atoms with E-state index >= 15 is 0 Å². The number of hydrogen-bond donors (Lipinski definition) is 3. The Morgan fingerprint density at radius 2 is 1.72 bits per heavy atom. The third kappa shape index (κ3) is 8.99. The van der Waals surface area contributed by atoms with Gasteiger partial charge >= 0.3 is 0 Å². The molecule has 0 saturated carbocycles. The molecule has 1 aliphatic heterocycles. The Hall–Kier alpha value is -0.570. The fourth-order valence-electron chi connectivity index (χ4n) is 4.04. The molecular formula is C22H45IN4O2. The van der Waals surface area contributed by atoms with Crippen LogP contribution in [0.3, 0.4) is 0 Å². The van der Waals surface area contributed by atoms with Crippen LogP contribution < -0.4 is 10.6 Å². The van der Waals surface area contributed by atoms with E-state index in [1.807, 2.05) is 4.90 Å². The molecular weight excluding hydrogens is 479 g/mol. The molecule has 1 fully saturated rings. The van der Waals surface area contributed by atoms with E-state index in [-0.39, 0.29) is 41.9 Å². The standard InChI is InChI=1S/C22H44N4O2.HI/c1-6-18(7-2)20(28)26-14-11-19(12-15-26)25-21(23-10-5)24-17-22(8-3,9-4)13-16-27;/h18-19,27H,6-17H2,1-5H3,(H2,23,24,25);1H. The zero-order valence-electron chi connectivity index (χ0n) is 19.3. The van der Waals surface area contributed by atoms with E-state index in [0.717, 1.165) is 77.1 Å². The highest BCUT2D eigenvalue weighted by Gasteiger charge is 2.28. The summed E-state index contributed by atoms with van der Waals surface area (Å²) < 4.78 is 0. The Kier molecular flexibility index (Phi) is 15.0. The number of aliphatic imine (C=N–C) groups is 1. The molecule has 0 atom stereocenters. The highest BCUT2D eigenvalue weighted by atomic mass is 127. The molecule has 0 aromatic heterocycles. The molecule has 172 valence electrons. The molecule has 29 heavy (non-hydrogen) atoms. The van der Waals surface area contributed by atoms with Gasteiger partial charge in [0.05, 0.1) is 0 Å². The van der Waals surface area contributed by atoms with Gasteiger partial charge in [0.25, 0.3) is 0 Å². The summed E-state index contributed by atoms with van der Waals surface area (Å²) in [6.07, 6.45) is 6.59. The van der Waals surface area contributed by atoms with Crippen molar-refractivity contribution in [1.82, 2.24) is 15.5 Å². The molecule has 0 unspecified atom stereocenters. The predicted molar refractivity (Wildman–Crippen MR) is 133 cm³/mol. The third-order valence-corrected chi connectivity index (χ3v) is 6.54. The van der Waals surface area contributed by atoms with Gasteiger partial charge in [-0.05, 0) is 57.3 Å². The molecule has 1 heterocycles. The maximum atomic E-state index is 12.6. The van der Waals surface area contributed by atoms with Gasteiger partial charge in [0.15, 0.2) is 5.96 Å². The minimum absolute atomic E-state index is 0. The summed E-state index contributed by atoms with van der Waals surface area (Å²) in [5.74, 6) is 1.35. The van der Waals surface area contributed by atoms with Gasteiger partial charge in [0.2, 0.25) is 5.91 Å². The van der Waals surface area contributed by atoms with E-state index in [9.17, 15) is 9.90 Å². The number of guanidine groups is 1. The Morgan fingerprint density at radius 3 is 2.17 bits per heavy atom. The van der Waals surface area contributed by atoms with E-state index in [2.05, 4.69) is 45.3 Å². The van der Waals surface area contributed by atoms with Gasteiger partial charge < -0.3 is 20.6 Å². The normalized spacial score (nSPS) is 16.0. The van der Waals surface area contributed by atoms with Crippen LogP contribution in [0.4, 0.5) is 0 Å². The van der Waals surface area contributed by atoms with Crippen molar-refractivity contribution in [3.05, 3.63) is 0 Å². The molecule has 3 N–H and O–H groups in total. The lowest BCUT2D eigenvalue weighted by Gasteiger charge is -2.35. The van der Waals surface area contributed by atoms with Gasteiger partial charge in [-0.2, -0.15) is 0 Å². The summed E-state index contributed by atoms with van der Waals surface area (Å²) in [7, 11) is 0. The van der Waals surface area contributed by atoms with Crippen LogP contribution in [0.25, 0.3) is 0 Å². The number of nitrogens with zero attached hydrogens (tertiary/aromatic N) is 2. The van der Waals surface area contributed by atoms with Crippen LogP contribution in [-0.2, 0) is 4.79 Å². The van der Waals surface area contributed by atoms with Crippen molar-refractivity contribution >= 4 is 35.8 Å².